The Hall–Kier alpha value is -1.95. The highest BCUT2D eigenvalue weighted by Gasteiger charge is 2.17. The number of nitrogens with one attached hydrogen (secondary N) is 1. The van der Waals surface area contributed by atoms with Crippen LogP contribution in [0.4, 0.5) is 0 Å². The van der Waals surface area contributed by atoms with Crippen molar-refractivity contribution in [2.75, 3.05) is 40.3 Å². The summed E-state index contributed by atoms with van der Waals surface area (Å²) in [6, 6.07) is 5.00. The molecular formula is C17H28N4O2. The number of hydrogen-bond donors (Lipinski definition) is 1. The molecule has 0 saturated carbocycles. The van der Waals surface area contributed by atoms with Gasteiger partial charge in [-0.05, 0) is 39.1 Å². The maximum absolute atomic E-state index is 12.5. The summed E-state index contributed by atoms with van der Waals surface area (Å²) >= 11 is 0. The van der Waals surface area contributed by atoms with Crippen LogP contribution in [0.15, 0.2) is 18.2 Å². The highest BCUT2D eigenvalue weighted by atomic mass is 16.2. The van der Waals surface area contributed by atoms with Gasteiger partial charge >= 0.3 is 0 Å². The van der Waals surface area contributed by atoms with Crippen LogP contribution in [0, 0.1) is 0 Å². The lowest BCUT2D eigenvalue weighted by atomic mass is 10.2. The molecule has 6 heteroatoms. The van der Waals surface area contributed by atoms with Gasteiger partial charge in [0.15, 0.2) is 0 Å². The number of carbonyl (C=O) groups is 2. The van der Waals surface area contributed by atoms with Crippen LogP contribution in [-0.2, 0) is 0 Å². The first kappa shape index (κ1) is 19.1. The summed E-state index contributed by atoms with van der Waals surface area (Å²) < 4.78 is 0. The van der Waals surface area contributed by atoms with E-state index in [1.54, 1.807) is 23.1 Å². The summed E-state index contributed by atoms with van der Waals surface area (Å²) in [6.45, 7) is 6.78. The van der Waals surface area contributed by atoms with E-state index in [-0.39, 0.29) is 17.5 Å². The van der Waals surface area contributed by atoms with Gasteiger partial charge in [-0.15, -0.1) is 0 Å². The second kappa shape index (κ2) is 9.94. The van der Waals surface area contributed by atoms with Gasteiger partial charge in [-0.3, -0.25) is 9.59 Å². The molecule has 0 spiro atoms. The largest absolute Gasteiger partial charge is 0.349 e. The van der Waals surface area contributed by atoms with E-state index < -0.39 is 0 Å². The molecule has 1 heterocycles. The van der Waals surface area contributed by atoms with Gasteiger partial charge in [0.05, 0.1) is 0 Å². The van der Waals surface area contributed by atoms with Gasteiger partial charge in [-0.1, -0.05) is 19.9 Å². The van der Waals surface area contributed by atoms with Crippen molar-refractivity contribution in [2.24, 2.45) is 0 Å². The van der Waals surface area contributed by atoms with Crippen LogP contribution in [-0.4, -0.2) is 66.9 Å². The first-order valence-electron chi connectivity index (χ1n) is 8.18. The minimum atomic E-state index is -0.251. The van der Waals surface area contributed by atoms with Crippen LogP contribution in [0.1, 0.15) is 47.7 Å². The second-order valence-electron chi connectivity index (χ2n) is 5.76. The third kappa shape index (κ3) is 6.36. The predicted molar refractivity (Wildman–Crippen MR) is 91.6 cm³/mol. The van der Waals surface area contributed by atoms with E-state index in [4.69, 9.17) is 0 Å². The first-order valence-corrected chi connectivity index (χ1v) is 8.18. The number of amides is 2. The minimum absolute atomic E-state index is 0.114. The standard InChI is InChI=1S/C17H28N4O2/c1-5-11-21(12-6-2)17(23)15-9-7-8-14(19-15)16(22)18-10-13-20(3)4/h7-9H,5-6,10-13H2,1-4H3,(H,18,22). The minimum Gasteiger partial charge on any atom is -0.349 e. The fraction of sp³-hybridized carbons (Fsp3) is 0.588. The Kier molecular flexibility index (Phi) is 8.26. The monoisotopic (exact) mass is 320 g/mol. The quantitative estimate of drug-likeness (QED) is 0.751. The summed E-state index contributed by atoms with van der Waals surface area (Å²) in [5.74, 6) is -0.365. The van der Waals surface area contributed by atoms with Gasteiger partial charge in [0.2, 0.25) is 0 Å². The molecule has 1 aromatic rings. The number of pyridine rings is 1. The third-order valence-electron chi connectivity index (χ3n) is 3.32. The molecule has 0 bridgehead atoms. The second-order valence-corrected chi connectivity index (χ2v) is 5.76. The average Bonchev–Trinajstić information content (AvgIpc) is 2.53. The molecule has 1 aromatic heterocycles. The summed E-state index contributed by atoms with van der Waals surface area (Å²) in [7, 11) is 3.89. The van der Waals surface area contributed by atoms with Crippen LogP contribution < -0.4 is 5.32 Å². The normalized spacial score (nSPS) is 10.7. The summed E-state index contributed by atoms with van der Waals surface area (Å²) in [5, 5.41) is 2.81. The summed E-state index contributed by atoms with van der Waals surface area (Å²) in [6.07, 6.45) is 1.80. The Morgan fingerprint density at radius 3 is 2.22 bits per heavy atom. The van der Waals surface area contributed by atoms with Crippen molar-refractivity contribution in [1.82, 2.24) is 20.1 Å². The number of carbonyl (C=O) groups excluding carboxylic acids is 2. The molecule has 1 rings (SSSR count). The van der Waals surface area contributed by atoms with E-state index in [0.29, 0.717) is 25.3 Å². The lowest BCUT2D eigenvalue weighted by Crippen LogP contribution is -2.34. The Labute approximate surface area is 138 Å². The van der Waals surface area contributed by atoms with Gasteiger partial charge in [0.25, 0.3) is 11.8 Å². The van der Waals surface area contributed by atoms with E-state index >= 15 is 0 Å². The number of hydrogen-bond acceptors (Lipinski definition) is 4. The molecule has 128 valence electrons. The van der Waals surface area contributed by atoms with Crippen molar-refractivity contribution in [3.8, 4) is 0 Å². The molecule has 0 fully saturated rings. The fourth-order valence-electron chi connectivity index (χ4n) is 2.18. The molecule has 0 aromatic carbocycles. The van der Waals surface area contributed by atoms with Gasteiger partial charge < -0.3 is 15.1 Å². The van der Waals surface area contributed by atoms with Crippen molar-refractivity contribution in [1.29, 1.82) is 0 Å². The topological polar surface area (TPSA) is 65.5 Å². The molecule has 0 atom stereocenters. The molecule has 0 aliphatic heterocycles. The van der Waals surface area contributed by atoms with E-state index in [1.807, 2.05) is 32.8 Å². The Bertz CT molecular complexity index is 511. The zero-order valence-corrected chi connectivity index (χ0v) is 14.6. The number of nitrogens with zero attached hydrogens (tertiary/aromatic N) is 3. The number of rotatable bonds is 9. The lowest BCUT2D eigenvalue weighted by Gasteiger charge is -2.21. The van der Waals surface area contributed by atoms with Crippen LogP contribution >= 0.6 is 0 Å². The lowest BCUT2D eigenvalue weighted by molar-refractivity contribution is 0.0749. The molecule has 0 aliphatic rings. The molecule has 0 radical (unpaired) electrons. The maximum atomic E-state index is 12.5. The third-order valence-corrected chi connectivity index (χ3v) is 3.32. The molecule has 0 saturated heterocycles. The molecule has 0 unspecified atom stereocenters. The SMILES string of the molecule is CCCN(CCC)C(=O)c1cccc(C(=O)NCCN(C)C)n1. The van der Waals surface area contributed by atoms with Crippen LogP contribution in [0.5, 0.6) is 0 Å². The summed E-state index contributed by atoms with van der Waals surface area (Å²) in [4.78, 5) is 32.6. The first-order chi connectivity index (χ1) is 11.0. The van der Waals surface area contributed by atoms with Crippen molar-refractivity contribution < 1.29 is 9.59 Å². The molecule has 1 N–H and O–H groups in total. The van der Waals surface area contributed by atoms with Crippen LogP contribution in [0.3, 0.4) is 0 Å². The van der Waals surface area contributed by atoms with Crippen molar-refractivity contribution in [2.45, 2.75) is 26.7 Å². The van der Waals surface area contributed by atoms with Crippen molar-refractivity contribution in [3.05, 3.63) is 29.6 Å². The zero-order chi connectivity index (χ0) is 17.2. The van der Waals surface area contributed by atoms with Gasteiger partial charge in [0.1, 0.15) is 11.4 Å². The van der Waals surface area contributed by atoms with Gasteiger partial charge in [-0.25, -0.2) is 4.98 Å². The molecule has 0 aliphatic carbocycles. The molecular weight excluding hydrogens is 292 g/mol. The Balaban J connectivity index is 2.78. The molecule has 6 nitrogen and oxygen atoms in total. The smallest absolute Gasteiger partial charge is 0.272 e. The highest BCUT2D eigenvalue weighted by molar-refractivity contribution is 5.96. The number of likely N-dealkylation sites (N-methyl/N-ethyl adjacent to an activating group) is 1. The maximum Gasteiger partial charge on any atom is 0.272 e. The number of aromatic nitrogens is 1. The van der Waals surface area contributed by atoms with E-state index in [1.165, 1.54) is 0 Å². The van der Waals surface area contributed by atoms with Gasteiger partial charge in [-0.2, -0.15) is 0 Å². The zero-order valence-electron chi connectivity index (χ0n) is 14.6. The van der Waals surface area contributed by atoms with Crippen molar-refractivity contribution >= 4 is 11.8 Å². The average molecular weight is 320 g/mol. The van der Waals surface area contributed by atoms with Crippen LogP contribution in [0.2, 0.25) is 0 Å². The van der Waals surface area contributed by atoms with Crippen molar-refractivity contribution in [3.63, 3.8) is 0 Å². The van der Waals surface area contributed by atoms with Crippen LogP contribution in [0.25, 0.3) is 0 Å². The Morgan fingerprint density at radius 1 is 1.04 bits per heavy atom. The van der Waals surface area contributed by atoms with E-state index in [9.17, 15) is 9.59 Å². The highest BCUT2D eigenvalue weighted by Crippen LogP contribution is 2.06. The van der Waals surface area contributed by atoms with Gasteiger partial charge in [0, 0.05) is 26.2 Å². The fourth-order valence-corrected chi connectivity index (χ4v) is 2.18. The Morgan fingerprint density at radius 2 is 1.65 bits per heavy atom. The van der Waals surface area contributed by atoms with E-state index in [2.05, 4.69) is 10.3 Å². The van der Waals surface area contributed by atoms with E-state index in [0.717, 1.165) is 19.4 Å². The predicted octanol–water partition coefficient (Wildman–Crippen LogP) is 1.64. The molecule has 23 heavy (non-hydrogen) atoms. The molecule has 2 amide bonds. The summed E-state index contributed by atoms with van der Waals surface area (Å²) in [5.41, 5.74) is 0.606.